The molecule has 1 aliphatic carbocycles. The second-order valence-corrected chi connectivity index (χ2v) is 5.67. The quantitative estimate of drug-likeness (QED) is 0.587. The Bertz CT molecular complexity index is 402. The molecule has 0 aliphatic heterocycles. The summed E-state index contributed by atoms with van der Waals surface area (Å²) >= 11 is 17.7. The van der Waals surface area contributed by atoms with E-state index in [9.17, 15) is 4.79 Å². The molecule has 0 radical (unpaired) electrons. The Labute approximate surface area is 103 Å². The fraction of sp³-hybridized carbons (Fsp3) is 0.364. The fourth-order valence-electron chi connectivity index (χ4n) is 1.96. The predicted octanol–water partition coefficient (Wildman–Crippen LogP) is 3.73. The fourth-order valence-corrected chi connectivity index (χ4v) is 3.29. The minimum Gasteiger partial charge on any atom is -0.281 e. The summed E-state index contributed by atoms with van der Waals surface area (Å²) in [5.41, 5.74) is 0.0675. The summed E-state index contributed by atoms with van der Waals surface area (Å²) in [6.07, 6.45) is 0. The molecule has 0 bridgehead atoms. The third-order valence-electron chi connectivity index (χ3n) is 3.09. The Morgan fingerprint density at radius 3 is 2.20 bits per heavy atom. The molecule has 0 saturated heterocycles. The van der Waals surface area contributed by atoms with Gasteiger partial charge in [-0.25, -0.2) is 0 Å². The van der Waals surface area contributed by atoms with Crippen molar-refractivity contribution in [1.82, 2.24) is 0 Å². The second kappa shape index (κ2) is 3.38. The monoisotopic (exact) mass is 262 g/mol. The lowest BCUT2D eigenvalue weighted by atomic mass is 10.0. The van der Waals surface area contributed by atoms with Crippen LogP contribution in [0.25, 0.3) is 0 Å². The van der Waals surface area contributed by atoms with E-state index in [2.05, 4.69) is 0 Å². The van der Waals surface area contributed by atoms with Gasteiger partial charge in [-0.15, -0.1) is 0 Å². The van der Waals surface area contributed by atoms with Gasteiger partial charge >= 0.3 is 0 Å². The van der Waals surface area contributed by atoms with Crippen molar-refractivity contribution in [2.45, 2.75) is 17.2 Å². The zero-order valence-electron chi connectivity index (χ0n) is 8.01. The number of alkyl halides is 2. The Hall–Kier alpha value is -0.240. The van der Waals surface area contributed by atoms with Crippen LogP contribution >= 0.6 is 34.8 Å². The predicted molar refractivity (Wildman–Crippen MR) is 62.6 cm³/mol. The Kier molecular flexibility index (Phi) is 2.53. The molecule has 1 aliphatic rings. The van der Waals surface area contributed by atoms with Gasteiger partial charge in [-0.1, -0.05) is 53.5 Å². The summed E-state index contributed by atoms with van der Waals surface area (Å²) in [7, 11) is 0. The lowest BCUT2D eigenvalue weighted by molar-refractivity contribution is -0.115. The maximum atomic E-state index is 11.3. The molecule has 15 heavy (non-hydrogen) atoms. The topological polar surface area (TPSA) is 17.1 Å². The lowest BCUT2D eigenvalue weighted by Gasteiger charge is -2.03. The third-order valence-corrected chi connectivity index (χ3v) is 4.70. The molecule has 80 valence electrons. The molecule has 0 N–H and O–H groups in total. The number of benzene rings is 1. The van der Waals surface area contributed by atoms with Crippen molar-refractivity contribution in [3.63, 3.8) is 0 Å². The van der Waals surface area contributed by atoms with Crippen LogP contribution in [0, 0.1) is 5.41 Å². The van der Waals surface area contributed by atoms with E-state index in [4.69, 9.17) is 34.8 Å². The van der Waals surface area contributed by atoms with Crippen molar-refractivity contribution in [1.29, 1.82) is 0 Å². The molecule has 1 nitrogen and oxygen atoms in total. The summed E-state index contributed by atoms with van der Waals surface area (Å²) in [4.78, 5) is 11.3. The van der Waals surface area contributed by atoms with Gasteiger partial charge in [-0.05, 0) is 24.1 Å². The highest BCUT2D eigenvalue weighted by Crippen LogP contribution is 2.74. The molecular weight excluding hydrogens is 254 g/mol. The number of hydrogen-bond acceptors (Lipinski definition) is 1. The first-order chi connectivity index (χ1) is 6.92. The number of rotatable bonds is 2. The smallest absolute Gasteiger partial charge is 0.231 e. The molecule has 4 heteroatoms. The Balaban J connectivity index is 2.39. The van der Waals surface area contributed by atoms with Crippen LogP contribution in [-0.4, -0.2) is 9.58 Å². The van der Waals surface area contributed by atoms with Gasteiger partial charge in [0.25, 0.3) is 0 Å². The maximum absolute atomic E-state index is 11.3. The van der Waals surface area contributed by atoms with Crippen molar-refractivity contribution >= 4 is 40.0 Å². The molecule has 2 rings (SSSR count). The van der Waals surface area contributed by atoms with Crippen LogP contribution in [-0.2, 0) is 4.79 Å². The van der Waals surface area contributed by atoms with Gasteiger partial charge in [-0.3, -0.25) is 4.79 Å². The van der Waals surface area contributed by atoms with E-state index in [1.54, 1.807) is 6.92 Å². The van der Waals surface area contributed by atoms with Crippen LogP contribution < -0.4 is 0 Å². The molecule has 0 aromatic heterocycles. The number of halogens is 3. The van der Waals surface area contributed by atoms with Gasteiger partial charge in [0, 0.05) is 5.92 Å². The first-order valence-electron chi connectivity index (χ1n) is 4.55. The molecular formula is C11H9Cl3O. The van der Waals surface area contributed by atoms with Gasteiger partial charge in [-0.2, -0.15) is 0 Å². The van der Waals surface area contributed by atoms with E-state index in [1.807, 2.05) is 30.3 Å². The van der Waals surface area contributed by atoms with Crippen molar-refractivity contribution in [2.75, 3.05) is 0 Å². The highest BCUT2D eigenvalue weighted by atomic mass is 35.5. The van der Waals surface area contributed by atoms with Gasteiger partial charge < -0.3 is 0 Å². The van der Waals surface area contributed by atoms with Crippen molar-refractivity contribution in [3.8, 4) is 0 Å². The second-order valence-electron chi connectivity index (χ2n) is 3.94. The maximum Gasteiger partial charge on any atom is 0.231 e. The van der Waals surface area contributed by atoms with Crippen LogP contribution in [0.3, 0.4) is 0 Å². The number of carbonyl (C=O) groups is 1. The molecule has 0 unspecified atom stereocenters. The summed E-state index contributed by atoms with van der Waals surface area (Å²) < 4.78 is -1.09. The highest BCUT2D eigenvalue weighted by Gasteiger charge is 2.77. The van der Waals surface area contributed by atoms with Crippen LogP contribution in [0.1, 0.15) is 18.4 Å². The number of hydrogen-bond donors (Lipinski definition) is 0. The van der Waals surface area contributed by atoms with Crippen LogP contribution in [0.2, 0.25) is 0 Å². The molecule has 1 saturated carbocycles. The summed E-state index contributed by atoms with van der Waals surface area (Å²) in [6.45, 7) is 1.69. The van der Waals surface area contributed by atoms with Gasteiger partial charge in [0.15, 0.2) is 0 Å². The van der Waals surface area contributed by atoms with Gasteiger partial charge in [0.05, 0.1) is 5.41 Å². The van der Waals surface area contributed by atoms with Crippen LogP contribution in [0.4, 0.5) is 0 Å². The average Bonchev–Trinajstić information content (AvgIpc) is 2.64. The SMILES string of the molecule is C[C@@]1(C(=O)Cl)[C@@H](c2ccccc2)C1(Cl)Cl. The molecule has 1 aromatic carbocycles. The zero-order chi connectivity index (χ0) is 11.3. The van der Waals surface area contributed by atoms with E-state index in [0.29, 0.717) is 0 Å². The molecule has 0 heterocycles. The minimum absolute atomic E-state index is 0.223. The average molecular weight is 264 g/mol. The minimum atomic E-state index is -1.09. The van der Waals surface area contributed by atoms with E-state index < -0.39 is 15.0 Å². The van der Waals surface area contributed by atoms with Crippen molar-refractivity contribution < 1.29 is 4.79 Å². The first kappa shape index (κ1) is 11.3. The lowest BCUT2D eigenvalue weighted by Crippen LogP contribution is -2.12. The van der Waals surface area contributed by atoms with Crippen LogP contribution in [0.15, 0.2) is 30.3 Å². The van der Waals surface area contributed by atoms with Crippen LogP contribution in [0.5, 0.6) is 0 Å². The highest BCUT2D eigenvalue weighted by molar-refractivity contribution is 6.69. The van der Waals surface area contributed by atoms with Crippen molar-refractivity contribution in [3.05, 3.63) is 35.9 Å². The molecule has 0 amide bonds. The third kappa shape index (κ3) is 1.41. The van der Waals surface area contributed by atoms with E-state index >= 15 is 0 Å². The molecule has 2 atom stereocenters. The molecule has 0 spiro atoms. The Morgan fingerprint density at radius 2 is 1.80 bits per heavy atom. The van der Waals surface area contributed by atoms with E-state index in [-0.39, 0.29) is 5.92 Å². The van der Waals surface area contributed by atoms with E-state index in [0.717, 1.165) is 5.56 Å². The summed E-state index contributed by atoms with van der Waals surface area (Å²) in [5.74, 6) is -0.223. The largest absolute Gasteiger partial charge is 0.281 e. The van der Waals surface area contributed by atoms with Crippen molar-refractivity contribution in [2.24, 2.45) is 5.41 Å². The Morgan fingerprint density at radius 1 is 1.27 bits per heavy atom. The summed E-state index contributed by atoms with van der Waals surface area (Å²) in [5, 5.41) is -0.485. The standard InChI is InChI=1S/C11H9Cl3O/c1-10(9(12)15)8(11(10,13)14)7-5-3-2-4-6-7/h2-6,8H,1H3/t8-,10+/m1/s1. The van der Waals surface area contributed by atoms with E-state index in [1.165, 1.54) is 0 Å². The molecule has 1 aromatic rings. The molecule has 1 fully saturated rings. The number of carbonyl (C=O) groups excluding carboxylic acids is 1. The zero-order valence-corrected chi connectivity index (χ0v) is 10.3. The summed E-state index contributed by atoms with van der Waals surface area (Å²) in [6, 6.07) is 9.47. The van der Waals surface area contributed by atoms with Gasteiger partial charge in [0.2, 0.25) is 5.24 Å². The normalized spacial score (nSPS) is 32.4. The van der Waals surface area contributed by atoms with Gasteiger partial charge in [0.1, 0.15) is 4.33 Å². The first-order valence-corrected chi connectivity index (χ1v) is 5.68.